The molecule has 0 aliphatic heterocycles. The van der Waals surface area contributed by atoms with Gasteiger partial charge in [0.05, 0.1) is 16.8 Å². The lowest BCUT2D eigenvalue weighted by atomic mass is 10.1. The van der Waals surface area contributed by atoms with Crippen molar-refractivity contribution in [1.82, 2.24) is 5.32 Å². The molecule has 0 aliphatic carbocycles. The van der Waals surface area contributed by atoms with E-state index in [1.165, 1.54) is 0 Å². The summed E-state index contributed by atoms with van der Waals surface area (Å²) in [4.78, 5) is 12.0. The van der Waals surface area contributed by atoms with E-state index in [2.05, 4.69) is 10.6 Å². The molecule has 104 valence electrons. The summed E-state index contributed by atoms with van der Waals surface area (Å²) in [6, 6.07) is 16.8. The van der Waals surface area contributed by atoms with Crippen LogP contribution in [0.5, 0.6) is 0 Å². The molecule has 0 heterocycles. The molecule has 2 amide bonds. The van der Waals surface area contributed by atoms with E-state index >= 15 is 0 Å². The smallest absolute Gasteiger partial charge is 0.319 e. The molecule has 0 aromatic heterocycles. The molecule has 0 aliphatic rings. The van der Waals surface area contributed by atoms with E-state index in [1.807, 2.05) is 49.4 Å². The number of hydrogen-bond acceptors (Lipinski definition) is 1. The molecule has 0 saturated carbocycles. The fourth-order valence-corrected chi connectivity index (χ4v) is 2.17. The Hall–Kier alpha value is -2.00. The molecule has 0 saturated heterocycles. The SMILES string of the molecule is CC[C@H](NC(=O)Nc1ccccc1Cl)c1ccccc1. The van der Waals surface area contributed by atoms with Crippen LogP contribution in [0.4, 0.5) is 10.5 Å². The van der Waals surface area contributed by atoms with Gasteiger partial charge in [-0.3, -0.25) is 0 Å². The van der Waals surface area contributed by atoms with Gasteiger partial charge in [0.1, 0.15) is 0 Å². The Labute approximate surface area is 124 Å². The number of benzene rings is 2. The van der Waals surface area contributed by atoms with Crippen molar-refractivity contribution < 1.29 is 4.79 Å². The third kappa shape index (κ3) is 3.75. The van der Waals surface area contributed by atoms with Crippen LogP contribution in [0, 0.1) is 0 Å². The molecule has 1 atom stereocenters. The van der Waals surface area contributed by atoms with E-state index in [1.54, 1.807) is 12.1 Å². The first kappa shape index (κ1) is 14.4. The lowest BCUT2D eigenvalue weighted by Gasteiger charge is -2.18. The molecule has 4 heteroatoms. The van der Waals surface area contributed by atoms with E-state index in [0.717, 1.165) is 12.0 Å². The number of hydrogen-bond donors (Lipinski definition) is 2. The van der Waals surface area contributed by atoms with E-state index in [-0.39, 0.29) is 12.1 Å². The summed E-state index contributed by atoms with van der Waals surface area (Å²) >= 11 is 6.01. The number of rotatable bonds is 4. The van der Waals surface area contributed by atoms with E-state index in [0.29, 0.717) is 10.7 Å². The molecule has 0 bridgehead atoms. The van der Waals surface area contributed by atoms with Gasteiger partial charge in [-0.2, -0.15) is 0 Å². The third-order valence-electron chi connectivity index (χ3n) is 3.04. The van der Waals surface area contributed by atoms with Crippen molar-refractivity contribution in [2.75, 3.05) is 5.32 Å². The third-order valence-corrected chi connectivity index (χ3v) is 3.37. The molecule has 0 fully saturated rings. The highest BCUT2D eigenvalue weighted by molar-refractivity contribution is 6.33. The molecule has 0 radical (unpaired) electrons. The van der Waals surface area contributed by atoms with Crippen molar-refractivity contribution in [2.45, 2.75) is 19.4 Å². The van der Waals surface area contributed by atoms with Gasteiger partial charge in [-0.1, -0.05) is 61.0 Å². The highest BCUT2D eigenvalue weighted by Crippen LogP contribution is 2.21. The highest BCUT2D eigenvalue weighted by atomic mass is 35.5. The maximum atomic E-state index is 12.0. The van der Waals surface area contributed by atoms with Crippen molar-refractivity contribution in [2.24, 2.45) is 0 Å². The molecule has 2 aromatic carbocycles. The lowest BCUT2D eigenvalue weighted by molar-refractivity contribution is 0.248. The Morgan fingerprint density at radius 2 is 1.75 bits per heavy atom. The van der Waals surface area contributed by atoms with Crippen LogP contribution in [0.3, 0.4) is 0 Å². The Morgan fingerprint density at radius 3 is 2.40 bits per heavy atom. The number of halogens is 1. The van der Waals surface area contributed by atoms with E-state index in [9.17, 15) is 4.79 Å². The van der Waals surface area contributed by atoms with Gasteiger partial charge in [-0.25, -0.2) is 4.79 Å². The Morgan fingerprint density at radius 1 is 1.10 bits per heavy atom. The number of para-hydroxylation sites is 1. The summed E-state index contributed by atoms with van der Waals surface area (Å²) in [5.74, 6) is 0. The molecule has 3 nitrogen and oxygen atoms in total. The standard InChI is InChI=1S/C16H17ClN2O/c1-2-14(12-8-4-3-5-9-12)18-16(20)19-15-11-7-6-10-13(15)17/h3-11,14H,2H2,1H3,(H2,18,19,20)/t14-/m0/s1. The normalized spacial score (nSPS) is 11.7. The lowest BCUT2D eigenvalue weighted by Crippen LogP contribution is -2.32. The summed E-state index contributed by atoms with van der Waals surface area (Å²) in [5.41, 5.74) is 1.69. The van der Waals surface area contributed by atoms with Crippen LogP contribution < -0.4 is 10.6 Å². The fourth-order valence-electron chi connectivity index (χ4n) is 1.99. The van der Waals surface area contributed by atoms with Gasteiger partial charge < -0.3 is 10.6 Å². The van der Waals surface area contributed by atoms with Gasteiger partial charge in [-0.15, -0.1) is 0 Å². The second-order valence-electron chi connectivity index (χ2n) is 4.45. The number of nitrogens with one attached hydrogen (secondary N) is 2. The Balaban J connectivity index is 2.02. The second-order valence-corrected chi connectivity index (χ2v) is 4.86. The number of amides is 2. The van der Waals surface area contributed by atoms with Crippen molar-refractivity contribution in [3.05, 3.63) is 65.2 Å². The van der Waals surface area contributed by atoms with Crippen LogP contribution in [0.2, 0.25) is 5.02 Å². The quantitative estimate of drug-likeness (QED) is 0.847. The van der Waals surface area contributed by atoms with E-state index < -0.39 is 0 Å². The van der Waals surface area contributed by atoms with Crippen LogP contribution >= 0.6 is 11.6 Å². The number of anilines is 1. The molecule has 0 spiro atoms. The first-order valence-corrected chi connectivity index (χ1v) is 6.95. The van der Waals surface area contributed by atoms with Crippen molar-refractivity contribution in [1.29, 1.82) is 0 Å². The summed E-state index contributed by atoms with van der Waals surface area (Å²) in [6.07, 6.45) is 0.819. The minimum Gasteiger partial charge on any atom is -0.331 e. The van der Waals surface area contributed by atoms with Crippen LogP contribution in [0.1, 0.15) is 24.9 Å². The van der Waals surface area contributed by atoms with Gasteiger partial charge in [0, 0.05) is 0 Å². The van der Waals surface area contributed by atoms with Gasteiger partial charge >= 0.3 is 6.03 Å². The molecule has 2 aromatic rings. The number of carbonyl (C=O) groups excluding carboxylic acids is 1. The first-order chi connectivity index (χ1) is 9.70. The minimum absolute atomic E-state index is 0.0151. The first-order valence-electron chi connectivity index (χ1n) is 6.57. The monoisotopic (exact) mass is 288 g/mol. The van der Waals surface area contributed by atoms with Crippen LogP contribution in [0.25, 0.3) is 0 Å². The fraction of sp³-hybridized carbons (Fsp3) is 0.188. The minimum atomic E-state index is -0.256. The summed E-state index contributed by atoms with van der Waals surface area (Å²) in [6.45, 7) is 2.04. The summed E-state index contributed by atoms with van der Waals surface area (Å²) < 4.78 is 0. The topological polar surface area (TPSA) is 41.1 Å². The Bertz CT molecular complexity index is 572. The average molecular weight is 289 g/mol. The van der Waals surface area contributed by atoms with Gasteiger partial charge in [0.25, 0.3) is 0 Å². The molecule has 0 unspecified atom stereocenters. The highest BCUT2D eigenvalue weighted by Gasteiger charge is 2.12. The number of carbonyl (C=O) groups is 1. The number of urea groups is 1. The van der Waals surface area contributed by atoms with Crippen LogP contribution in [0.15, 0.2) is 54.6 Å². The maximum Gasteiger partial charge on any atom is 0.319 e. The van der Waals surface area contributed by atoms with Crippen LogP contribution in [-0.4, -0.2) is 6.03 Å². The van der Waals surface area contributed by atoms with Crippen molar-refractivity contribution >= 4 is 23.3 Å². The Kier molecular flexibility index (Phi) is 5.02. The van der Waals surface area contributed by atoms with Crippen molar-refractivity contribution in [3.8, 4) is 0 Å². The van der Waals surface area contributed by atoms with Crippen LogP contribution in [-0.2, 0) is 0 Å². The molecular weight excluding hydrogens is 272 g/mol. The maximum absolute atomic E-state index is 12.0. The zero-order chi connectivity index (χ0) is 14.4. The largest absolute Gasteiger partial charge is 0.331 e. The second kappa shape index (κ2) is 6.96. The predicted molar refractivity (Wildman–Crippen MR) is 83.1 cm³/mol. The molecule has 2 N–H and O–H groups in total. The summed E-state index contributed by atoms with van der Waals surface area (Å²) in [5, 5.41) is 6.24. The van der Waals surface area contributed by atoms with Gasteiger partial charge in [0.15, 0.2) is 0 Å². The molecule has 20 heavy (non-hydrogen) atoms. The zero-order valence-corrected chi connectivity index (χ0v) is 12.0. The molecular formula is C16H17ClN2O. The zero-order valence-electron chi connectivity index (χ0n) is 11.3. The van der Waals surface area contributed by atoms with Gasteiger partial charge in [-0.05, 0) is 24.1 Å². The average Bonchev–Trinajstić information content (AvgIpc) is 2.48. The predicted octanol–water partition coefficient (Wildman–Crippen LogP) is 4.61. The summed E-state index contributed by atoms with van der Waals surface area (Å²) in [7, 11) is 0. The molecule has 2 rings (SSSR count). The van der Waals surface area contributed by atoms with E-state index in [4.69, 9.17) is 11.6 Å². The van der Waals surface area contributed by atoms with Crippen molar-refractivity contribution in [3.63, 3.8) is 0 Å². The van der Waals surface area contributed by atoms with Gasteiger partial charge in [0.2, 0.25) is 0 Å².